The van der Waals surface area contributed by atoms with E-state index < -0.39 is 12.4 Å². The molecule has 0 aliphatic heterocycles. The molecule has 0 heterocycles. The van der Waals surface area contributed by atoms with Crippen LogP contribution >= 0.6 is 11.8 Å². The SMILES string of the molecule is COC(CNC(=O)OCCSC)OC. The number of nitrogens with one attached hydrogen (secondary N) is 1. The van der Waals surface area contributed by atoms with E-state index in [0.717, 1.165) is 5.75 Å². The van der Waals surface area contributed by atoms with Gasteiger partial charge in [0.15, 0.2) is 6.29 Å². The van der Waals surface area contributed by atoms with Crippen molar-refractivity contribution in [3.63, 3.8) is 0 Å². The van der Waals surface area contributed by atoms with Gasteiger partial charge in [0.05, 0.1) is 6.54 Å². The summed E-state index contributed by atoms with van der Waals surface area (Å²) < 4.78 is 14.6. The van der Waals surface area contributed by atoms with E-state index in [1.165, 1.54) is 14.2 Å². The van der Waals surface area contributed by atoms with E-state index in [-0.39, 0.29) is 6.54 Å². The Balaban J connectivity index is 3.42. The second-order valence-electron chi connectivity index (χ2n) is 2.41. The Hall–Kier alpha value is -0.460. The maximum atomic E-state index is 11.0. The molecule has 0 rings (SSSR count). The number of rotatable bonds is 7. The molecule has 0 atom stereocenters. The quantitative estimate of drug-likeness (QED) is 0.508. The third kappa shape index (κ3) is 6.99. The van der Waals surface area contributed by atoms with Gasteiger partial charge in [-0.25, -0.2) is 4.79 Å². The van der Waals surface area contributed by atoms with Gasteiger partial charge in [-0.3, -0.25) is 0 Å². The molecule has 0 unspecified atom stereocenters. The fraction of sp³-hybridized carbons (Fsp3) is 0.875. The van der Waals surface area contributed by atoms with Crippen molar-refractivity contribution in [3.05, 3.63) is 0 Å². The summed E-state index contributed by atoms with van der Waals surface area (Å²) in [5.41, 5.74) is 0. The predicted molar refractivity (Wildman–Crippen MR) is 55.5 cm³/mol. The minimum atomic E-state index is -0.446. The van der Waals surface area contributed by atoms with E-state index in [2.05, 4.69) is 5.32 Å². The molecular formula is C8H17NO4S. The molecule has 0 aromatic rings. The van der Waals surface area contributed by atoms with Gasteiger partial charge >= 0.3 is 6.09 Å². The van der Waals surface area contributed by atoms with Gasteiger partial charge in [-0.1, -0.05) is 0 Å². The zero-order chi connectivity index (χ0) is 10.8. The fourth-order valence-electron chi connectivity index (χ4n) is 0.698. The van der Waals surface area contributed by atoms with Crippen LogP contribution in [0.3, 0.4) is 0 Å². The maximum absolute atomic E-state index is 11.0. The average molecular weight is 223 g/mol. The van der Waals surface area contributed by atoms with Crippen LogP contribution < -0.4 is 5.32 Å². The molecule has 14 heavy (non-hydrogen) atoms. The van der Waals surface area contributed by atoms with Crippen LogP contribution in [0, 0.1) is 0 Å². The standard InChI is InChI=1S/C8H17NO4S/c1-11-7(12-2)6-9-8(10)13-4-5-14-3/h7H,4-6H2,1-3H3,(H,9,10). The highest BCUT2D eigenvalue weighted by molar-refractivity contribution is 7.98. The fourth-order valence-corrected chi connectivity index (χ4v) is 0.948. The number of thioether (sulfide) groups is 1. The van der Waals surface area contributed by atoms with Crippen LogP contribution in [0.15, 0.2) is 0 Å². The number of alkyl carbamates (subject to hydrolysis) is 1. The largest absolute Gasteiger partial charge is 0.449 e. The molecule has 0 saturated heterocycles. The molecule has 5 nitrogen and oxygen atoms in total. The lowest BCUT2D eigenvalue weighted by molar-refractivity contribution is -0.0979. The number of carbonyl (C=O) groups is 1. The van der Waals surface area contributed by atoms with Crippen molar-refractivity contribution in [1.29, 1.82) is 0 Å². The maximum Gasteiger partial charge on any atom is 0.407 e. The first-order chi connectivity index (χ1) is 6.74. The Morgan fingerprint density at radius 3 is 2.57 bits per heavy atom. The van der Waals surface area contributed by atoms with Crippen LogP contribution in [0.2, 0.25) is 0 Å². The van der Waals surface area contributed by atoms with Gasteiger partial charge in [-0.2, -0.15) is 11.8 Å². The lowest BCUT2D eigenvalue weighted by Crippen LogP contribution is -2.34. The van der Waals surface area contributed by atoms with Crippen molar-refractivity contribution >= 4 is 17.9 Å². The summed E-state index contributed by atoms with van der Waals surface area (Å²) in [5, 5.41) is 2.52. The van der Waals surface area contributed by atoms with E-state index in [1.807, 2.05) is 6.26 Å². The normalized spacial score (nSPS) is 10.3. The van der Waals surface area contributed by atoms with Crippen LogP contribution in [-0.4, -0.2) is 51.8 Å². The first kappa shape index (κ1) is 13.5. The molecule has 0 aliphatic carbocycles. The smallest absolute Gasteiger partial charge is 0.407 e. The molecule has 0 fully saturated rings. The summed E-state index contributed by atoms with van der Waals surface area (Å²) in [6.45, 7) is 0.697. The number of hydrogen-bond acceptors (Lipinski definition) is 5. The summed E-state index contributed by atoms with van der Waals surface area (Å²) in [6.07, 6.45) is 1.08. The number of hydrogen-bond donors (Lipinski definition) is 1. The third-order valence-electron chi connectivity index (χ3n) is 1.46. The number of amides is 1. The van der Waals surface area contributed by atoms with Gasteiger partial charge in [-0.15, -0.1) is 0 Å². The van der Waals surface area contributed by atoms with E-state index in [4.69, 9.17) is 14.2 Å². The van der Waals surface area contributed by atoms with Crippen molar-refractivity contribution in [2.24, 2.45) is 0 Å². The van der Waals surface area contributed by atoms with Crippen molar-refractivity contribution < 1.29 is 19.0 Å². The molecular weight excluding hydrogens is 206 g/mol. The summed E-state index contributed by atoms with van der Waals surface area (Å²) in [5.74, 6) is 0.797. The van der Waals surface area contributed by atoms with Gasteiger partial charge < -0.3 is 19.5 Å². The number of methoxy groups -OCH3 is 2. The number of carbonyl (C=O) groups excluding carboxylic acids is 1. The summed E-state index contributed by atoms with van der Waals surface area (Å²) in [6, 6.07) is 0. The monoisotopic (exact) mass is 223 g/mol. The zero-order valence-corrected chi connectivity index (χ0v) is 9.56. The molecule has 0 aromatic heterocycles. The minimum absolute atomic E-state index is 0.283. The van der Waals surface area contributed by atoms with Crippen LogP contribution in [0.1, 0.15) is 0 Å². The van der Waals surface area contributed by atoms with E-state index in [1.54, 1.807) is 11.8 Å². The Bertz CT molecular complexity index is 152. The molecule has 0 saturated carbocycles. The van der Waals surface area contributed by atoms with E-state index >= 15 is 0 Å². The van der Waals surface area contributed by atoms with Gasteiger partial charge in [0.2, 0.25) is 0 Å². The van der Waals surface area contributed by atoms with Crippen molar-refractivity contribution in [3.8, 4) is 0 Å². The van der Waals surface area contributed by atoms with Crippen molar-refractivity contribution in [2.75, 3.05) is 39.4 Å². The van der Waals surface area contributed by atoms with Crippen molar-refractivity contribution in [1.82, 2.24) is 5.32 Å². The Kier molecular flexibility index (Phi) is 8.81. The Morgan fingerprint density at radius 2 is 2.07 bits per heavy atom. The first-order valence-corrected chi connectivity index (χ1v) is 5.59. The highest BCUT2D eigenvalue weighted by Gasteiger charge is 2.07. The second kappa shape index (κ2) is 9.11. The summed E-state index contributed by atoms with van der Waals surface area (Å²) in [4.78, 5) is 11.0. The van der Waals surface area contributed by atoms with E-state index in [9.17, 15) is 4.79 Å². The molecule has 0 bridgehead atoms. The molecule has 1 amide bonds. The lowest BCUT2D eigenvalue weighted by Gasteiger charge is -2.13. The number of ether oxygens (including phenoxy) is 3. The highest BCUT2D eigenvalue weighted by atomic mass is 32.2. The highest BCUT2D eigenvalue weighted by Crippen LogP contribution is 1.92. The second-order valence-corrected chi connectivity index (χ2v) is 3.40. The van der Waals surface area contributed by atoms with Gasteiger partial charge in [-0.05, 0) is 6.26 Å². The van der Waals surface area contributed by atoms with Crippen LogP contribution in [0.5, 0.6) is 0 Å². The molecule has 0 spiro atoms. The van der Waals surface area contributed by atoms with Gasteiger partial charge in [0.1, 0.15) is 6.61 Å². The van der Waals surface area contributed by atoms with Gasteiger partial charge in [0, 0.05) is 20.0 Å². The topological polar surface area (TPSA) is 56.8 Å². The van der Waals surface area contributed by atoms with Crippen LogP contribution in [0.4, 0.5) is 4.79 Å². The third-order valence-corrected chi connectivity index (χ3v) is 2.03. The molecule has 1 N–H and O–H groups in total. The lowest BCUT2D eigenvalue weighted by atomic mass is 10.6. The minimum Gasteiger partial charge on any atom is -0.449 e. The van der Waals surface area contributed by atoms with Crippen molar-refractivity contribution in [2.45, 2.75) is 6.29 Å². The van der Waals surface area contributed by atoms with Crippen LogP contribution in [0.25, 0.3) is 0 Å². The van der Waals surface area contributed by atoms with Gasteiger partial charge in [0.25, 0.3) is 0 Å². The summed E-state index contributed by atoms with van der Waals surface area (Å²) in [7, 11) is 3.02. The zero-order valence-electron chi connectivity index (χ0n) is 8.74. The Morgan fingerprint density at radius 1 is 1.43 bits per heavy atom. The molecule has 0 aliphatic rings. The molecule has 84 valence electrons. The first-order valence-electron chi connectivity index (χ1n) is 4.19. The summed E-state index contributed by atoms with van der Waals surface area (Å²) >= 11 is 1.62. The Labute approximate surface area is 88.5 Å². The van der Waals surface area contributed by atoms with E-state index in [0.29, 0.717) is 6.61 Å². The van der Waals surface area contributed by atoms with Crippen LogP contribution in [-0.2, 0) is 14.2 Å². The predicted octanol–water partition coefficient (Wildman–Crippen LogP) is 0.695. The molecule has 0 aromatic carbocycles. The molecule has 0 radical (unpaired) electrons. The molecule has 6 heteroatoms. The average Bonchev–Trinajstić information content (AvgIpc) is 2.20.